The lowest BCUT2D eigenvalue weighted by molar-refractivity contribution is -0.155. The normalized spacial score (nSPS) is 16.6. The van der Waals surface area contributed by atoms with E-state index in [-0.39, 0.29) is 34.5 Å². The molecule has 0 spiro atoms. The van der Waals surface area contributed by atoms with E-state index in [0.717, 1.165) is 27.7 Å². The van der Waals surface area contributed by atoms with Gasteiger partial charge in [-0.25, -0.2) is 9.59 Å². The summed E-state index contributed by atoms with van der Waals surface area (Å²) in [6.07, 6.45) is -9.44. The number of anilines is 1. The van der Waals surface area contributed by atoms with Crippen LogP contribution in [0, 0.1) is 12.8 Å². The van der Waals surface area contributed by atoms with E-state index in [1.54, 1.807) is 0 Å². The van der Waals surface area contributed by atoms with Crippen LogP contribution >= 0.6 is 0 Å². The van der Waals surface area contributed by atoms with Crippen LogP contribution in [0.15, 0.2) is 41.2 Å². The number of ether oxygens (including phenoxy) is 1. The van der Waals surface area contributed by atoms with Crippen molar-refractivity contribution >= 4 is 34.6 Å². The number of benzene rings is 2. The van der Waals surface area contributed by atoms with Crippen LogP contribution in [0.2, 0.25) is 0 Å². The summed E-state index contributed by atoms with van der Waals surface area (Å²) in [5.41, 5.74) is -2.25. The molecule has 1 aliphatic heterocycles. The van der Waals surface area contributed by atoms with E-state index in [4.69, 9.17) is 4.74 Å². The topological polar surface area (TPSA) is 93.8 Å². The van der Waals surface area contributed by atoms with Gasteiger partial charge in [0.15, 0.2) is 5.92 Å². The second kappa shape index (κ2) is 10.6. The maximum absolute atomic E-state index is 13.6. The Bertz CT molecular complexity index is 1590. The zero-order valence-corrected chi connectivity index (χ0v) is 22.0. The first-order valence-electron chi connectivity index (χ1n) is 12.3. The molecule has 0 saturated carbocycles. The molecule has 1 saturated heterocycles. The van der Waals surface area contributed by atoms with Crippen LogP contribution in [0.3, 0.4) is 0 Å². The lowest BCUT2D eigenvalue weighted by atomic mass is 9.99. The van der Waals surface area contributed by atoms with E-state index >= 15 is 0 Å². The van der Waals surface area contributed by atoms with Gasteiger partial charge in [-0.1, -0.05) is 12.1 Å². The van der Waals surface area contributed by atoms with Gasteiger partial charge in [-0.3, -0.25) is 28.5 Å². The number of urea groups is 1. The van der Waals surface area contributed by atoms with Crippen LogP contribution in [0.4, 0.5) is 36.8 Å². The van der Waals surface area contributed by atoms with Gasteiger partial charge in [0, 0.05) is 12.7 Å². The molecule has 1 unspecified atom stereocenters. The summed E-state index contributed by atoms with van der Waals surface area (Å²) in [5.74, 6) is -3.56. The number of esters is 1. The number of halogens is 6. The van der Waals surface area contributed by atoms with Crippen molar-refractivity contribution < 1.29 is 45.5 Å². The number of imidazole rings is 1. The Kier molecular flexibility index (Phi) is 7.67. The van der Waals surface area contributed by atoms with Gasteiger partial charge in [-0.05, 0) is 49.2 Å². The lowest BCUT2D eigenvalue weighted by Gasteiger charge is -2.38. The number of aryl methyl sites for hydroxylation is 1. The Morgan fingerprint density at radius 2 is 1.71 bits per heavy atom. The molecule has 0 aliphatic carbocycles. The number of carbonyl (C=O) groups excluding carboxylic acids is 3. The molecule has 1 aromatic heterocycles. The van der Waals surface area contributed by atoms with E-state index in [9.17, 15) is 45.5 Å². The average Bonchev–Trinajstić information content (AvgIpc) is 3.10. The van der Waals surface area contributed by atoms with Crippen LogP contribution in [0.5, 0.6) is 0 Å². The monoisotopic (exact) mass is 586 g/mol. The zero-order chi connectivity index (χ0) is 30.4. The summed E-state index contributed by atoms with van der Waals surface area (Å²) >= 11 is 0. The van der Waals surface area contributed by atoms with Crippen molar-refractivity contribution in [2.45, 2.75) is 39.3 Å². The average molecular weight is 586 g/mol. The Morgan fingerprint density at radius 3 is 2.32 bits per heavy atom. The van der Waals surface area contributed by atoms with Crippen LogP contribution in [0.25, 0.3) is 11.0 Å². The van der Waals surface area contributed by atoms with Gasteiger partial charge < -0.3 is 4.74 Å². The summed E-state index contributed by atoms with van der Waals surface area (Å²) in [6, 6.07) is 6.02. The fourth-order valence-corrected chi connectivity index (χ4v) is 4.78. The molecule has 3 aromatic rings. The highest BCUT2D eigenvalue weighted by molar-refractivity contribution is 6.12. The number of hydrogen-bond donors (Lipinski definition) is 0. The maximum atomic E-state index is 13.6. The summed E-state index contributed by atoms with van der Waals surface area (Å²) in [7, 11) is 1.28. The highest BCUT2D eigenvalue weighted by Crippen LogP contribution is 2.34. The van der Waals surface area contributed by atoms with E-state index in [0.29, 0.717) is 9.47 Å². The summed E-state index contributed by atoms with van der Waals surface area (Å²) < 4.78 is 86.6. The Balaban J connectivity index is 1.81. The molecule has 0 bridgehead atoms. The quantitative estimate of drug-likeness (QED) is 0.243. The molecule has 9 nitrogen and oxygen atoms in total. The van der Waals surface area contributed by atoms with Crippen molar-refractivity contribution in [3.63, 3.8) is 0 Å². The second-order valence-electron chi connectivity index (χ2n) is 9.43. The van der Waals surface area contributed by atoms with Crippen LogP contribution < -0.4 is 10.6 Å². The number of fused-ring (bicyclic) bond motifs is 1. The fourth-order valence-electron chi connectivity index (χ4n) is 4.78. The Morgan fingerprint density at radius 1 is 1.02 bits per heavy atom. The van der Waals surface area contributed by atoms with Crippen molar-refractivity contribution in [3.05, 3.63) is 63.6 Å². The third-order valence-corrected chi connectivity index (χ3v) is 6.82. The molecular formula is C26H24F6N4O5. The second-order valence-corrected chi connectivity index (χ2v) is 9.43. The van der Waals surface area contributed by atoms with Gasteiger partial charge in [0.1, 0.15) is 6.54 Å². The molecule has 0 N–H and O–H groups in total. The molecular weight excluding hydrogens is 562 g/mol. The van der Waals surface area contributed by atoms with Crippen LogP contribution in [-0.4, -0.2) is 51.3 Å². The summed E-state index contributed by atoms with van der Waals surface area (Å²) in [6.45, 7) is -0.209. The maximum Gasteiger partial charge on any atom is 0.416 e. The number of imide groups is 1. The zero-order valence-electron chi connectivity index (χ0n) is 22.0. The summed E-state index contributed by atoms with van der Waals surface area (Å²) in [5, 5.41) is 0. The Labute approximate surface area is 228 Å². The molecule has 220 valence electrons. The van der Waals surface area contributed by atoms with Gasteiger partial charge in [-0.2, -0.15) is 26.3 Å². The summed E-state index contributed by atoms with van der Waals surface area (Å²) in [4.78, 5) is 53.6. The van der Waals surface area contributed by atoms with Gasteiger partial charge in [0.05, 0.1) is 36.3 Å². The third-order valence-electron chi connectivity index (χ3n) is 6.82. The minimum Gasteiger partial charge on any atom is -0.465 e. The minimum absolute atomic E-state index is 0.0106. The predicted molar refractivity (Wildman–Crippen MR) is 133 cm³/mol. The SMILES string of the molecule is CCOC(=O)C1CN(c2ccc3c(c2)n(CC(F)(F)F)c(=O)n3C)C(=O)N(Cc2cccc(C(F)(F)F)c2C)C1=O. The van der Waals surface area contributed by atoms with E-state index in [2.05, 4.69) is 0 Å². The molecule has 3 amide bonds. The third kappa shape index (κ3) is 5.65. The van der Waals surface area contributed by atoms with Crippen LogP contribution in [-0.2, 0) is 40.6 Å². The minimum atomic E-state index is -4.74. The van der Waals surface area contributed by atoms with E-state index in [1.807, 2.05) is 0 Å². The Hall–Kier alpha value is -4.30. The molecule has 4 rings (SSSR count). The van der Waals surface area contributed by atoms with E-state index < -0.39 is 67.1 Å². The van der Waals surface area contributed by atoms with Crippen molar-refractivity contribution in [1.82, 2.24) is 14.0 Å². The molecule has 15 heteroatoms. The first-order chi connectivity index (χ1) is 19.0. The molecule has 1 fully saturated rings. The number of hydrogen-bond acceptors (Lipinski definition) is 5. The molecule has 2 aromatic carbocycles. The smallest absolute Gasteiger partial charge is 0.416 e. The van der Waals surface area contributed by atoms with Crippen molar-refractivity contribution in [1.29, 1.82) is 0 Å². The first-order valence-corrected chi connectivity index (χ1v) is 12.3. The van der Waals surface area contributed by atoms with Gasteiger partial charge in [0.25, 0.3) is 0 Å². The fraction of sp³-hybridized carbons (Fsp3) is 0.385. The molecule has 1 aliphatic rings. The highest BCUT2D eigenvalue weighted by atomic mass is 19.4. The number of rotatable bonds is 6. The number of carbonyl (C=O) groups is 3. The van der Waals surface area contributed by atoms with E-state index in [1.165, 1.54) is 39.1 Å². The highest BCUT2D eigenvalue weighted by Gasteiger charge is 2.45. The van der Waals surface area contributed by atoms with Crippen molar-refractivity contribution in [2.24, 2.45) is 13.0 Å². The van der Waals surface area contributed by atoms with Crippen molar-refractivity contribution in [2.75, 3.05) is 18.1 Å². The number of amides is 3. The van der Waals surface area contributed by atoms with Crippen LogP contribution in [0.1, 0.15) is 23.6 Å². The number of nitrogens with zero attached hydrogens (tertiary/aromatic N) is 4. The predicted octanol–water partition coefficient (Wildman–Crippen LogP) is 4.38. The molecule has 1 atom stereocenters. The van der Waals surface area contributed by atoms with Gasteiger partial charge in [-0.15, -0.1) is 0 Å². The van der Waals surface area contributed by atoms with Gasteiger partial charge in [0.2, 0.25) is 5.91 Å². The number of alkyl halides is 6. The lowest BCUT2D eigenvalue weighted by Crippen LogP contribution is -2.58. The molecule has 0 radical (unpaired) electrons. The molecule has 2 heterocycles. The first kappa shape index (κ1) is 29.7. The van der Waals surface area contributed by atoms with Crippen molar-refractivity contribution in [3.8, 4) is 0 Å². The standard InChI is InChI=1S/C26H24F6N4O5/c1-4-41-22(38)17-12-34(16-8-9-19-20(10-16)36(13-25(27,28)29)23(39)33(19)3)24(40)35(21(17)37)11-15-6-5-7-18(14(15)2)26(30,31)32/h5-10,17H,4,11-13H2,1-3H3. The number of aromatic nitrogens is 2. The molecule has 41 heavy (non-hydrogen) atoms. The van der Waals surface area contributed by atoms with Gasteiger partial charge >= 0.3 is 30.0 Å². The largest absolute Gasteiger partial charge is 0.465 e.